The average molecular weight is 264 g/mol. The van der Waals surface area contributed by atoms with Gasteiger partial charge in [-0.1, -0.05) is 18.2 Å². The highest BCUT2D eigenvalue weighted by atomic mass is 16.6. The molecule has 1 aliphatic heterocycles. The first-order valence-corrected chi connectivity index (χ1v) is 6.51. The minimum Gasteiger partial charge on any atom is -0.454 e. The van der Waals surface area contributed by atoms with E-state index in [1.54, 1.807) is 12.2 Å². The van der Waals surface area contributed by atoms with Gasteiger partial charge in [0.05, 0.1) is 18.1 Å². The molecule has 19 heavy (non-hydrogen) atoms. The molecule has 2 N–H and O–H groups in total. The molecule has 2 aliphatic rings. The molecule has 1 heterocycles. The Morgan fingerprint density at radius 2 is 2.00 bits per heavy atom. The summed E-state index contributed by atoms with van der Waals surface area (Å²) >= 11 is 0. The van der Waals surface area contributed by atoms with E-state index in [0.717, 1.165) is 11.1 Å². The van der Waals surface area contributed by atoms with Gasteiger partial charge in [-0.05, 0) is 38.3 Å². The van der Waals surface area contributed by atoms with Crippen LogP contribution in [-0.2, 0) is 9.53 Å². The summed E-state index contributed by atoms with van der Waals surface area (Å²) in [5, 5.41) is 20.3. The normalized spacial score (nSPS) is 41.7. The molecule has 0 spiro atoms. The highest BCUT2D eigenvalue weighted by Crippen LogP contribution is 2.33. The molecule has 0 amide bonds. The van der Waals surface area contributed by atoms with Crippen LogP contribution in [0.25, 0.3) is 0 Å². The van der Waals surface area contributed by atoms with E-state index in [1.807, 2.05) is 13.8 Å². The number of hydrogen-bond donors (Lipinski definition) is 2. The second-order valence-electron chi connectivity index (χ2n) is 5.39. The van der Waals surface area contributed by atoms with Crippen LogP contribution in [0.1, 0.15) is 26.7 Å². The first-order valence-electron chi connectivity index (χ1n) is 6.51. The second-order valence-corrected chi connectivity index (χ2v) is 5.39. The van der Waals surface area contributed by atoms with Crippen molar-refractivity contribution in [2.75, 3.05) is 0 Å². The molecular formula is C15H20O4. The van der Waals surface area contributed by atoms with Gasteiger partial charge in [-0.15, -0.1) is 0 Å². The Kier molecular flexibility index (Phi) is 3.92. The van der Waals surface area contributed by atoms with Gasteiger partial charge in [-0.25, -0.2) is 4.79 Å². The lowest BCUT2D eigenvalue weighted by Crippen LogP contribution is -2.28. The predicted octanol–water partition coefficient (Wildman–Crippen LogP) is 1.49. The fraction of sp³-hybridized carbons (Fsp3) is 0.533. The summed E-state index contributed by atoms with van der Waals surface area (Å²) in [6, 6.07) is 0. The third-order valence-corrected chi connectivity index (χ3v) is 3.85. The third-order valence-electron chi connectivity index (χ3n) is 3.85. The highest BCUT2D eigenvalue weighted by molar-refractivity contribution is 5.91. The van der Waals surface area contributed by atoms with E-state index in [4.69, 9.17) is 4.74 Å². The van der Waals surface area contributed by atoms with Crippen LogP contribution in [0.5, 0.6) is 0 Å². The molecule has 4 atom stereocenters. The van der Waals surface area contributed by atoms with E-state index in [-0.39, 0.29) is 0 Å². The van der Waals surface area contributed by atoms with Crippen LogP contribution in [0.2, 0.25) is 0 Å². The van der Waals surface area contributed by atoms with E-state index in [9.17, 15) is 15.0 Å². The molecule has 4 heteroatoms. The van der Waals surface area contributed by atoms with Crippen molar-refractivity contribution in [2.24, 2.45) is 5.92 Å². The minimum atomic E-state index is -0.789. The van der Waals surface area contributed by atoms with Crippen LogP contribution in [0, 0.1) is 5.92 Å². The topological polar surface area (TPSA) is 66.8 Å². The number of ether oxygens (including phenoxy) is 1. The van der Waals surface area contributed by atoms with Crippen LogP contribution in [-0.4, -0.2) is 34.5 Å². The lowest BCUT2D eigenvalue weighted by molar-refractivity contribution is -0.137. The van der Waals surface area contributed by atoms with Crippen molar-refractivity contribution >= 4 is 5.97 Å². The van der Waals surface area contributed by atoms with E-state index >= 15 is 0 Å². The van der Waals surface area contributed by atoms with Crippen molar-refractivity contribution < 1.29 is 19.7 Å². The number of esters is 1. The summed E-state index contributed by atoms with van der Waals surface area (Å²) in [6.07, 6.45) is 2.88. The molecule has 0 aromatic carbocycles. The number of rotatable bonds is 0. The Labute approximate surface area is 113 Å². The number of carbonyl (C=O) groups excluding carboxylic acids is 1. The van der Waals surface area contributed by atoms with Crippen molar-refractivity contribution in [1.29, 1.82) is 0 Å². The van der Waals surface area contributed by atoms with Gasteiger partial charge >= 0.3 is 5.97 Å². The molecule has 0 aromatic heterocycles. The van der Waals surface area contributed by atoms with E-state index in [1.165, 1.54) is 0 Å². The molecule has 4 nitrogen and oxygen atoms in total. The number of carbonyl (C=O) groups is 1. The molecular weight excluding hydrogens is 244 g/mol. The lowest BCUT2D eigenvalue weighted by atomic mass is 9.86. The van der Waals surface area contributed by atoms with Gasteiger partial charge in [-0.2, -0.15) is 0 Å². The molecule has 0 bridgehead atoms. The fourth-order valence-corrected chi connectivity index (χ4v) is 2.59. The number of hydrogen-bond acceptors (Lipinski definition) is 4. The van der Waals surface area contributed by atoms with Crippen molar-refractivity contribution in [3.8, 4) is 0 Å². The molecule has 1 aliphatic carbocycles. The standard InChI is InChI=1S/C15H20O4/c1-8-4-5-11(16)9(2)7-13-14(12(17)6-8)10(3)15(18)19-13/h6-7,11-14,16-17H,3-5H2,1-2H3/b8-6-,9-7-/t11-,12+,13-,14-/m0/s1. The van der Waals surface area contributed by atoms with Gasteiger partial charge in [-0.3, -0.25) is 0 Å². The number of fused-ring (bicyclic) bond motifs is 1. The molecule has 0 saturated carbocycles. The van der Waals surface area contributed by atoms with E-state index < -0.39 is 30.2 Å². The molecule has 2 rings (SSSR count). The van der Waals surface area contributed by atoms with Crippen LogP contribution in [0.4, 0.5) is 0 Å². The molecule has 104 valence electrons. The summed E-state index contributed by atoms with van der Waals surface area (Å²) in [5.74, 6) is -0.944. The average Bonchev–Trinajstić information content (AvgIpc) is 2.60. The van der Waals surface area contributed by atoms with Crippen LogP contribution in [0.15, 0.2) is 35.5 Å². The maximum Gasteiger partial charge on any atom is 0.334 e. The summed E-state index contributed by atoms with van der Waals surface area (Å²) in [4.78, 5) is 11.6. The van der Waals surface area contributed by atoms with Gasteiger partial charge in [0.25, 0.3) is 0 Å². The van der Waals surface area contributed by atoms with Crippen molar-refractivity contribution in [2.45, 2.75) is 45.0 Å². The van der Waals surface area contributed by atoms with E-state index in [2.05, 4.69) is 6.58 Å². The molecule has 0 aromatic rings. The summed E-state index contributed by atoms with van der Waals surface area (Å²) in [6.45, 7) is 7.43. The number of aliphatic hydroxyl groups is 2. The summed E-state index contributed by atoms with van der Waals surface area (Å²) < 4.78 is 5.22. The largest absolute Gasteiger partial charge is 0.454 e. The maximum absolute atomic E-state index is 11.6. The Hall–Kier alpha value is -1.39. The van der Waals surface area contributed by atoms with Crippen LogP contribution >= 0.6 is 0 Å². The Bertz CT molecular complexity index is 461. The van der Waals surface area contributed by atoms with Crippen molar-refractivity contribution in [1.82, 2.24) is 0 Å². The molecule has 1 saturated heterocycles. The zero-order valence-corrected chi connectivity index (χ0v) is 11.3. The fourth-order valence-electron chi connectivity index (χ4n) is 2.59. The zero-order chi connectivity index (χ0) is 14.2. The first kappa shape index (κ1) is 14.0. The minimum absolute atomic E-state index is 0.292. The predicted molar refractivity (Wildman–Crippen MR) is 71.3 cm³/mol. The van der Waals surface area contributed by atoms with Gasteiger partial charge in [0.15, 0.2) is 0 Å². The summed E-state index contributed by atoms with van der Waals surface area (Å²) in [7, 11) is 0. The lowest BCUT2D eigenvalue weighted by Gasteiger charge is -2.22. The summed E-state index contributed by atoms with van der Waals surface area (Å²) in [5.41, 5.74) is 2.05. The van der Waals surface area contributed by atoms with Gasteiger partial charge in [0, 0.05) is 5.57 Å². The Morgan fingerprint density at radius 3 is 2.68 bits per heavy atom. The number of allylic oxidation sites excluding steroid dienone is 1. The Balaban J connectivity index is 2.39. The quantitative estimate of drug-likeness (QED) is 0.395. The third kappa shape index (κ3) is 2.80. The second kappa shape index (κ2) is 5.31. The maximum atomic E-state index is 11.6. The van der Waals surface area contributed by atoms with Gasteiger partial charge in [0.2, 0.25) is 0 Å². The van der Waals surface area contributed by atoms with Gasteiger partial charge < -0.3 is 14.9 Å². The van der Waals surface area contributed by atoms with Crippen LogP contribution in [0.3, 0.4) is 0 Å². The molecule has 0 radical (unpaired) electrons. The molecule has 0 unspecified atom stereocenters. The smallest absolute Gasteiger partial charge is 0.334 e. The number of aliphatic hydroxyl groups excluding tert-OH is 2. The first-order chi connectivity index (χ1) is 8.90. The Morgan fingerprint density at radius 1 is 1.32 bits per heavy atom. The SMILES string of the molecule is C=C1C(=O)O[C@H]2/C=C(/C)[C@@H](O)CC/C(C)=C\[C@@H](O)[C@H]12. The van der Waals surface area contributed by atoms with Gasteiger partial charge in [0.1, 0.15) is 6.10 Å². The monoisotopic (exact) mass is 264 g/mol. The van der Waals surface area contributed by atoms with Crippen molar-refractivity contribution in [3.63, 3.8) is 0 Å². The van der Waals surface area contributed by atoms with Crippen molar-refractivity contribution in [3.05, 3.63) is 35.5 Å². The van der Waals surface area contributed by atoms with Crippen LogP contribution < -0.4 is 0 Å². The highest BCUT2D eigenvalue weighted by Gasteiger charge is 2.41. The zero-order valence-electron chi connectivity index (χ0n) is 11.3. The molecule has 1 fully saturated rings. The van der Waals surface area contributed by atoms with E-state index in [0.29, 0.717) is 18.4 Å².